The van der Waals surface area contributed by atoms with Gasteiger partial charge in [0.1, 0.15) is 5.52 Å². The first-order chi connectivity index (χ1) is 10.2. The first kappa shape index (κ1) is 13.6. The van der Waals surface area contributed by atoms with Gasteiger partial charge in [0.2, 0.25) is 0 Å². The van der Waals surface area contributed by atoms with Crippen LogP contribution >= 0.6 is 0 Å². The zero-order valence-corrected chi connectivity index (χ0v) is 12.2. The molecule has 0 aliphatic rings. The molecular weight excluding hydrogens is 268 g/mol. The molecule has 0 spiro atoms. The number of oxazole rings is 1. The summed E-state index contributed by atoms with van der Waals surface area (Å²) in [5, 5.41) is 7.30. The number of hydrogen-bond donors (Lipinski definition) is 1. The quantitative estimate of drug-likeness (QED) is 0.753. The largest absolute Gasteiger partial charge is 0.424 e. The van der Waals surface area contributed by atoms with E-state index in [1.807, 2.05) is 37.6 Å². The summed E-state index contributed by atoms with van der Waals surface area (Å²) in [7, 11) is 3.60. The van der Waals surface area contributed by atoms with Crippen LogP contribution in [-0.4, -0.2) is 28.5 Å². The standard InChI is InChI=1S/C15H18N4O2/c1-19-10-12(9-17-19)8-16-15-18-13-7-11(5-6-20-2)3-4-14(13)21-15/h3-4,7,9-10H,5-6,8H2,1-2H3,(H,16,18). The molecule has 0 amide bonds. The molecule has 0 aliphatic heterocycles. The second-order valence-electron chi connectivity index (χ2n) is 4.94. The maximum atomic E-state index is 5.68. The van der Waals surface area contributed by atoms with Crippen LogP contribution in [0.25, 0.3) is 11.1 Å². The van der Waals surface area contributed by atoms with Crippen molar-refractivity contribution < 1.29 is 9.15 Å². The molecule has 0 atom stereocenters. The van der Waals surface area contributed by atoms with Crippen LogP contribution in [0.15, 0.2) is 35.0 Å². The fraction of sp³-hybridized carbons (Fsp3) is 0.333. The Morgan fingerprint density at radius 2 is 2.24 bits per heavy atom. The lowest BCUT2D eigenvalue weighted by atomic mass is 10.1. The number of nitrogens with zero attached hydrogens (tertiary/aromatic N) is 3. The molecule has 110 valence electrons. The number of ether oxygens (including phenoxy) is 1. The van der Waals surface area contributed by atoms with E-state index in [4.69, 9.17) is 9.15 Å². The van der Waals surface area contributed by atoms with E-state index in [-0.39, 0.29) is 0 Å². The van der Waals surface area contributed by atoms with Gasteiger partial charge in [-0.25, -0.2) is 0 Å². The van der Waals surface area contributed by atoms with E-state index in [1.54, 1.807) is 11.8 Å². The zero-order chi connectivity index (χ0) is 14.7. The average Bonchev–Trinajstić information content (AvgIpc) is 3.08. The summed E-state index contributed by atoms with van der Waals surface area (Å²) in [5.41, 5.74) is 3.92. The minimum Gasteiger partial charge on any atom is -0.424 e. The van der Waals surface area contributed by atoms with Crippen LogP contribution in [0.4, 0.5) is 6.01 Å². The van der Waals surface area contributed by atoms with Crippen LogP contribution in [0.3, 0.4) is 0 Å². The summed E-state index contributed by atoms with van der Waals surface area (Å²) < 4.78 is 12.5. The number of benzene rings is 1. The normalized spacial score (nSPS) is 11.1. The van der Waals surface area contributed by atoms with Gasteiger partial charge in [-0.05, 0) is 24.1 Å². The SMILES string of the molecule is COCCc1ccc2oc(NCc3cnn(C)c3)nc2c1. The van der Waals surface area contributed by atoms with Gasteiger partial charge < -0.3 is 14.5 Å². The monoisotopic (exact) mass is 286 g/mol. The maximum absolute atomic E-state index is 5.68. The predicted molar refractivity (Wildman–Crippen MR) is 80.1 cm³/mol. The molecule has 0 unspecified atom stereocenters. The number of rotatable bonds is 6. The van der Waals surface area contributed by atoms with Gasteiger partial charge >= 0.3 is 0 Å². The molecule has 0 aliphatic carbocycles. The van der Waals surface area contributed by atoms with Gasteiger partial charge in [0.05, 0.1) is 12.8 Å². The molecule has 3 aromatic rings. The third-order valence-electron chi connectivity index (χ3n) is 3.25. The number of nitrogens with one attached hydrogen (secondary N) is 1. The number of anilines is 1. The molecule has 0 bridgehead atoms. The van der Waals surface area contributed by atoms with Gasteiger partial charge in [0.15, 0.2) is 5.58 Å². The first-order valence-corrected chi connectivity index (χ1v) is 6.84. The molecule has 1 N–H and O–H groups in total. The van der Waals surface area contributed by atoms with E-state index in [0.29, 0.717) is 19.2 Å². The second kappa shape index (κ2) is 5.97. The van der Waals surface area contributed by atoms with Crippen molar-refractivity contribution in [1.82, 2.24) is 14.8 Å². The number of fused-ring (bicyclic) bond motifs is 1. The Bertz CT molecular complexity index is 732. The number of aryl methyl sites for hydroxylation is 1. The molecule has 6 heteroatoms. The Labute approximate surface area is 122 Å². The summed E-state index contributed by atoms with van der Waals surface area (Å²) in [6.07, 6.45) is 4.65. The van der Waals surface area contributed by atoms with Crippen molar-refractivity contribution >= 4 is 17.1 Å². The fourth-order valence-corrected chi connectivity index (χ4v) is 2.16. The Morgan fingerprint density at radius 1 is 1.33 bits per heavy atom. The Balaban J connectivity index is 1.71. The van der Waals surface area contributed by atoms with Crippen LogP contribution in [-0.2, 0) is 24.8 Å². The molecule has 3 rings (SSSR count). The molecule has 0 saturated heterocycles. The van der Waals surface area contributed by atoms with E-state index in [9.17, 15) is 0 Å². The summed E-state index contributed by atoms with van der Waals surface area (Å²) >= 11 is 0. The molecule has 0 fully saturated rings. The van der Waals surface area contributed by atoms with Gasteiger partial charge in [-0.1, -0.05) is 6.07 Å². The highest BCUT2D eigenvalue weighted by Crippen LogP contribution is 2.20. The average molecular weight is 286 g/mol. The van der Waals surface area contributed by atoms with Gasteiger partial charge in [0.25, 0.3) is 6.01 Å². The van der Waals surface area contributed by atoms with E-state index in [1.165, 1.54) is 5.56 Å². The van der Waals surface area contributed by atoms with E-state index in [0.717, 1.165) is 23.1 Å². The molecule has 21 heavy (non-hydrogen) atoms. The van der Waals surface area contributed by atoms with Crippen molar-refractivity contribution in [1.29, 1.82) is 0 Å². The summed E-state index contributed by atoms with van der Waals surface area (Å²) in [6, 6.07) is 6.55. The third-order valence-corrected chi connectivity index (χ3v) is 3.25. The molecule has 6 nitrogen and oxygen atoms in total. The molecular formula is C15H18N4O2. The van der Waals surface area contributed by atoms with Crippen LogP contribution in [0.2, 0.25) is 0 Å². The van der Waals surface area contributed by atoms with Crippen LogP contribution in [0.1, 0.15) is 11.1 Å². The second-order valence-corrected chi connectivity index (χ2v) is 4.94. The molecule has 2 heterocycles. The van der Waals surface area contributed by atoms with Crippen molar-refractivity contribution in [2.24, 2.45) is 7.05 Å². The minimum atomic E-state index is 0.526. The summed E-state index contributed by atoms with van der Waals surface area (Å²) in [4.78, 5) is 4.46. The summed E-state index contributed by atoms with van der Waals surface area (Å²) in [5.74, 6) is 0. The van der Waals surface area contributed by atoms with Crippen LogP contribution in [0.5, 0.6) is 0 Å². The van der Waals surface area contributed by atoms with Gasteiger partial charge in [-0.15, -0.1) is 0 Å². The van der Waals surface area contributed by atoms with Crippen molar-refractivity contribution in [3.05, 3.63) is 41.7 Å². The van der Waals surface area contributed by atoms with Gasteiger partial charge in [-0.3, -0.25) is 4.68 Å². The van der Waals surface area contributed by atoms with Crippen LogP contribution in [0, 0.1) is 0 Å². The Kier molecular flexibility index (Phi) is 3.87. The number of aromatic nitrogens is 3. The topological polar surface area (TPSA) is 65.1 Å². The predicted octanol–water partition coefficient (Wildman–Crippen LogP) is 2.36. The summed E-state index contributed by atoms with van der Waals surface area (Å²) in [6.45, 7) is 1.34. The van der Waals surface area contributed by atoms with E-state index < -0.39 is 0 Å². The van der Waals surface area contributed by atoms with Crippen LogP contribution < -0.4 is 5.32 Å². The van der Waals surface area contributed by atoms with Gasteiger partial charge in [0, 0.05) is 32.5 Å². The lowest BCUT2D eigenvalue weighted by Gasteiger charge is -1.98. The lowest BCUT2D eigenvalue weighted by molar-refractivity contribution is 0.202. The molecule has 0 saturated carbocycles. The minimum absolute atomic E-state index is 0.526. The Hall–Kier alpha value is -2.34. The highest BCUT2D eigenvalue weighted by molar-refractivity contribution is 5.75. The highest BCUT2D eigenvalue weighted by atomic mass is 16.5. The van der Waals surface area contributed by atoms with Crippen molar-refractivity contribution in [3.63, 3.8) is 0 Å². The maximum Gasteiger partial charge on any atom is 0.295 e. The highest BCUT2D eigenvalue weighted by Gasteiger charge is 2.07. The fourth-order valence-electron chi connectivity index (χ4n) is 2.16. The van der Waals surface area contributed by atoms with Crippen molar-refractivity contribution in [2.45, 2.75) is 13.0 Å². The number of methoxy groups -OCH3 is 1. The smallest absolute Gasteiger partial charge is 0.295 e. The Morgan fingerprint density at radius 3 is 3.00 bits per heavy atom. The van der Waals surface area contributed by atoms with Crippen molar-refractivity contribution in [3.8, 4) is 0 Å². The molecule has 1 aromatic carbocycles. The van der Waals surface area contributed by atoms with E-state index in [2.05, 4.69) is 15.4 Å². The van der Waals surface area contributed by atoms with Crippen molar-refractivity contribution in [2.75, 3.05) is 19.0 Å². The van der Waals surface area contributed by atoms with E-state index >= 15 is 0 Å². The zero-order valence-electron chi connectivity index (χ0n) is 12.2. The molecule has 0 radical (unpaired) electrons. The third kappa shape index (κ3) is 3.22. The first-order valence-electron chi connectivity index (χ1n) is 6.84. The van der Waals surface area contributed by atoms with Gasteiger partial charge in [-0.2, -0.15) is 10.1 Å². The number of hydrogen-bond acceptors (Lipinski definition) is 5. The molecule has 2 aromatic heterocycles. The lowest BCUT2D eigenvalue weighted by Crippen LogP contribution is -1.98.